The lowest BCUT2D eigenvalue weighted by molar-refractivity contribution is 0.0258. The third-order valence-electron chi connectivity index (χ3n) is 3.02. The first-order valence-corrected chi connectivity index (χ1v) is 6.38. The van der Waals surface area contributed by atoms with Crippen molar-refractivity contribution in [3.63, 3.8) is 0 Å². The molecule has 1 aliphatic heterocycles. The van der Waals surface area contributed by atoms with Gasteiger partial charge in [0.2, 0.25) is 0 Å². The van der Waals surface area contributed by atoms with Gasteiger partial charge < -0.3 is 15.4 Å². The number of aryl methyl sites for hydroxylation is 2. The highest BCUT2D eigenvalue weighted by Gasteiger charge is 2.12. The topological polar surface area (TPSA) is 33.3 Å². The van der Waals surface area contributed by atoms with E-state index in [1.807, 2.05) is 0 Å². The van der Waals surface area contributed by atoms with Crippen molar-refractivity contribution in [2.24, 2.45) is 0 Å². The van der Waals surface area contributed by atoms with Gasteiger partial charge in [0.25, 0.3) is 0 Å². The summed E-state index contributed by atoms with van der Waals surface area (Å²) in [7, 11) is 0. The minimum atomic E-state index is 0.363. The smallest absolute Gasteiger partial charge is 0.0716 e. The Kier molecular flexibility index (Phi) is 4.40. The van der Waals surface area contributed by atoms with Gasteiger partial charge in [0.15, 0.2) is 0 Å². The first-order chi connectivity index (χ1) is 8.24. The van der Waals surface area contributed by atoms with Gasteiger partial charge in [-0.3, -0.25) is 0 Å². The summed E-state index contributed by atoms with van der Waals surface area (Å²) >= 11 is 0. The van der Waals surface area contributed by atoms with Gasteiger partial charge in [-0.15, -0.1) is 0 Å². The molecule has 17 heavy (non-hydrogen) atoms. The van der Waals surface area contributed by atoms with Crippen LogP contribution >= 0.6 is 0 Å². The van der Waals surface area contributed by atoms with Crippen molar-refractivity contribution in [1.82, 2.24) is 5.32 Å². The molecule has 1 aromatic carbocycles. The Morgan fingerprint density at radius 1 is 1.29 bits per heavy atom. The summed E-state index contributed by atoms with van der Waals surface area (Å²) in [5.41, 5.74) is 3.83. The first-order valence-electron chi connectivity index (χ1n) is 6.38. The van der Waals surface area contributed by atoms with Crippen LogP contribution in [-0.2, 0) is 4.74 Å². The number of rotatable bonds is 4. The Morgan fingerprint density at radius 3 is 2.71 bits per heavy atom. The normalized spacial score (nSPS) is 20.2. The molecule has 0 bridgehead atoms. The van der Waals surface area contributed by atoms with Crippen LogP contribution in [0.2, 0.25) is 0 Å². The van der Waals surface area contributed by atoms with E-state index >= 15 is 0 Å². The van der Waals surface area contributed by atoms with Crippen molar-refractivity contribution in [2.75, 3.05) is 31.6 Å². The lowest BCUT2D eigenvalue weighted by Gasteiger charge is -2.23. The summed E-state index contributed by atoms with van der Waals surface area (Å²) < 4.78 is 5.66. The Balaban J connectivity index is 1.77. The molecule has 1 atom stereocenters. The van der Waals surface area contributed by atoms with Gasteiger partial charge in [0, 0.05) is 25.3 Å². The quantitative estimate of drug-likeness (QED) is 0.837. The van der Waals surface area contributed by atoms with Crippen molar-refractivity contribution in [3.8, 4) is 0 Å². The third-order valence-corrected chi connectivity index (χ3v) is 3.02. The third kappa shape index (κ3) is 4.02. The zero-order valence-corrected chi connectivity index (χ0v) is 10.8. The Bertz CT molecular complexity index is 339. The van der Waals surface area contributed by atoms with E-state index in [-0.39, 0.29) is 0 Å². The van der Waals surface area contributed by atoms with Crippen LogP contribution in [-0.4, -0.2) is 32.3 Å². The van der Waals surface area contributed by atoms with Gasteiger partial charge in [-0.1, -0.05) is 6.07 Å². The van der Waals surface area contributed by atoms with Crippen LogP contribution in [0.25, 0.3) is 0 Å². The fraction of sp³-hybridized carbons (Fsp3) is 0.571. The summed E-state index contributed by atoms with van der Waals surface area (Å²) in [5.74, 6) is 0. The number of nitrogens with one attached hydrogen (secondary N) is 2. The minimum absolute atomic E-state index is 0.363. The van der Waals surface area contributed by atoms with E-state index in [0.717, 1.165) is 32.7 Å². The number of anilines is 1. The van der Waals surface area contributed by atoms with Crippen molar-refractivity contribution >= 4 is 5.69 Å². The minimum Gasteiger partial charge on any atom is -0.385 e. The molecule has 2 rings (SSSR count). The van der Waals surface area contributed by atoms with E-state index in [0.29, 0.717) is 6.10 Å². The van der Waals surface area contributed by atoms with Crippen molar-refractivity contribution < 1.29 is 4.74 Å². The second-order valence-electron chi connectivity index (χ2n) is 4.79. The standard InChI is InChI=1S/C14H22N2O/c1-11-7-12(2)9-13(8-11)16-4-3-14-10-15-5-6-17-14/h7-9,14-16H,3-6,10H2,1-2H3. The SMILES string of the molecule is Cc1cc(C)cc(NCCC2CNCCO2)c1. The van der Waals surface area contributed by atoms with Gasteiger partial charge in [-0.2, -0.15) is 0 Å². The van der Waals surface area contributed by atoms with Gasteiger partial charge in [0.05, 0.1) is 12.7 Å². The maximum atomic E-state index is 5.66. The molecule has 0 amide bonds. The highest BCUT2D eigenvalue weighted by Crippen LogP contribution is 2.14. The molecule has 0 aromatic heterocycles. The molecule has 0 radical (unpaired) electrons. The van der Waals surface area contributed by atoms with Gasteiger partial charge in [-0.25, -0.2) is 0 Å². The van der Waals surface area contributed by atoms with E-state index in [1.165, 1.54) is 16.8 Å². The number of hydrogen-bond donors (Lipinski definition) is 2. The molecule has 94 valence electrons. The number of morpholine rings is 1. The van der Waals surface area contributed by atoms with E-state index in [4.69, 9.17) is 4.74 Å². The molecule has 1 heterocycles. The lowest BCUT2D eigenvalue weighted by Crippen LogP contribution is -2.39. The first kappa shape index (κ1) is 12.4. The molecule has 3 nitrogen and oxygen atoms in total. The molecule has 1 saturated heterocycles. The predicted octanol–water partition coefficient (Wildman–Crippen LogP) is 2.09. The van der Waals surface area contributed by atoms with Crippen molar-refractivity contribution in [2.45, 2.75) is 26.4 Å². The summed E-state index contributed by atoms with van der Waals surface area (Å²) in [4.78, 5) is 0. The van der Waals surface area contributed by atoms with Crippen LogP contribution < -0.4 is 10.6 Å². The summed E-state index contributed by atoms with van der Waals surface area (Å²) in [6.07, 6.45) is 1.42. The Morgan fingerprint density at radius 2 is 2.06 bits per heavy atom. The largest absolute Gasteiger partial charge is 0.385 e. The monoisotopic (exact) mass is 234 g/mol. The molecule has 1 aromatic rings. The van der Waals surface area contributed by atoms with Crippen molar-refractivity contribution in [1.29, 1.82) is 0 Å². The maximum Gasteiger partial charge on any atom is 0.0716 e. The average Bonchev–Trinajstić information content (AvgIpc) is 2.29. The van der Waals surface area contributed by atoms with Crippen LogP contribution in [0.3, 0.4) is 0 Å². The molecule has 1 unspecified atom stereocenters. The Hall–Kier alpha value is -1.06. The fourth-order valence-electron chi connectivity index (χ4n) is 2.26. The van der Waals surface area contributed by atoms with Gasteiger partial charge >= 0.3 is 0 Å². The second kappa shape index (κ2) is 6.03. The maximum absolute atomic E-state index is 5.66. The average molecular weight is 234 g/mol. The van der Waals surface area contributed by atoms with E-state index in [2.05, 4.69) is 42.7 Å². The van der Waals surface area contributed by atoms with Crippen LogP contribution in [0.1, 0.15) is 17.5 Å². The lowest BCUT2D eigenvalue weighted by atomic mass is 10.1. The van der Waals surface area contributed by atoms with Crippen LogP contribution in [0.15, 0.2) is 18.2 Å². The van der Waals surface area contributed by atoms with Crippen LogP contribution in [0.5, 0.6) is 0 Å². The zero-order chi connectivity index (χ0) is 12.1. The summed E-state index contributed by atoms with van der Waals surface area (Å²) in [6.45, 7) is 8.04. The molecule has 2 N–H and O–H groups in total. The second-order valence-corrected chi connectivity index (χ2v) is 4.79. The van der Waals surface area contributed by atoms with E-state index in [9.17, 15) is 0 Å². The zero-order valence-electron chi connectivity index (χ0n) is 10.8. The molecular formula is C14H22N2O. The Labute approximate surface area is 104 Å². The predicted molar refractivity (Wildman–Crippen MR) is 71.6 cm³/mol. The summed E-state index contributed by atoms with van der Waals surface area (Å²) in [5, 5.41) is 6.81. The molecule has 0 spiro atoms. The van der Waals surface area contributed by atoms with Gasteiger partial charge in [-0.05, 0) is 43.5 Å². The van der Waals surface area contributed by atoms with Crippen LogP contribution in [0.4, 0.5) is 5.69 Å². The molecule has 0 saturated carbocycles. The summed E-state index contributed by atoms with van der Waals surface area (Å²) in [6, 6.07) is 6.57. The van der Waals surface area contributed by atoms with E-state index < -0.39 is 0 Å². The fourth-order valence-corrected chi connectivity index (χ4v) is 2.26. The molecule has 1 fully saturated rings. The highest BCUT2D eigenvalue weighted by molar-refractivity contribution is 5.48. The molecular weight excluding hydrogens is 212 g/mol. The van der Waals surface area contributed by atoms with Gasteiger partial charge in [0.1, 0.15) is 0 Å². The number of ether oxygens (including phenoxy) is 1. The molecule has 1 aliphatic rings. The number of hydrogen-bond acceptors (Lipinski definition) is 3. The van der Waals surface area contributed by atoms with E-state index in [1.54, 1.807) is 0 Å². The van der Waals surface area contributed by atoms with Crippen LogP contribution in [0, 0.1) is 13.8 Å². The number of benzene rings is 1. The molecule has 0 aliphatic carbocycles. The molecule has 3 heteroatoms. The van der Waals surface area contributed by atoms with Crippen molar-refractivity contribution in [3.05, 3.63) is 29.3 Å². The highest BCUT2D eigenvalue weighted by atomic mass is 16.5.